The fraction of sp³-hybridized carbons (Fsp3) is 0.593. The summed E-state index contributed by atoms with van der Waals surface area (Å²) in [6.07, 6.45) is 7.53. The molecule has 0 spiro atoms. The molecule has 4 heterocycles. The smallest absolute Gasteiger partial charge is 0.220 e. The van der Waals surface area contributed by atoms with Gasteiger partial charge < -0.3 is 20.5 Å². The van der Waals surface area contributed by atoms with Crippen LogP contribution in [0, 0.1) is 5.82 Å². The van der Waals surface area contributed by atoms with Crippen LogP contribution >= 0.6 is 11.6 Å². The molecule has 12 heteroatoms. The van der Waals surface area contributed by atoms with Crippen molar-refractivity contribution in [1.29, 1.82) is 0 Å². The van der Waals surface area contributed by atoms with Gasteiger partial charge in [0.1, 0.15) is 16.9 Å². The molecule has 212 valence electrons. The molecule has 1 saturated carbocycles. The molecule has 0 radical (unpaired) electrons. The van der Waals surface area contributed by atoms with Gasteiger partial charge in [0.05, 0.1) is 39.5 Å². The molecule has 3 fully saturated rings. The van der Waals surface area contributed by atoms with Crippen LogP contribution in [0.4, 0.5) is 10.3 Å². The Kier molecular flexibility index (Phi) is 7.75. The Labute approximate surface area is 235 Å². The Morgan fingerprint density at radius 3 is 2.49 bits per heavy atom. The van der Waals surface area contributed by atoms with E-state index in [4.69, 9.17) is 17.3 Å². The summed E-state index contributed by atoms with van der Waals surface area (Å²) >= 11 is 6.15. The van der Waals surface area contributed by atoms with Crippen molar-refractivity contribution < 1.29 is 18.8 Å². The van der Waals surface area contributed by atoms with Gasteiger partial charge >= 0.3 is 0 Å². The summed E-state index contributed by atoms with van der Waals surface area (Å²) in [7, 11) is -0.792. The molecule has 4 atom stereocenters. The van der Waals surface area contributed by atoms with E-state index in [1.54, 1.807) is 24.5 Å². The standard InChI is InChI=1S/C17H19ClFN5O.C10H17NO2S/c1-8(2)24-12-6-9(13-10(18)7-21-16(20)23-13)5-11(19)14(12)22-15(24)17(3,4)25;12-10-6-2-7-1-5-9(10)11(7)14(13)8-3-4-8/h5-8,25H,1-4H3,(H2,20,21,23);7-10,12H,1-6H2/t;7?,9-,10?,14?/m.0/s1. The van der Waals surface area contributed by atoms with E-state index in [9.17, 15) is 18.8 Å². The number of aromatic nitrogens is 4. The van der Waals surface area contributed by atoms with Crippen molar-refractivity contribution in [2.75, 3.05) is 5.73 Å². The van der Waals surface area contributed by atoms with Crippen molar-refractivity contribution in [2.24, 2.45) is 0 Å². The molecule has 2 aromatic heterocycles. The van der Waals surface area contributed by atoms with Crippen LogP contribution in [0.15, 0.2) is 18.3 Å². The molecule has 1 aromatic carbocycles. The number of anilines is 1. The summed E-state index contributed by atoms with van der Waals surface area (Å²) in [4.78, 5) is 12.3. The predicted molar refractivity (Wildman–Crippen MR) is 151 cm³/mol. The minimum absolute atomic E-state index is 0.0352. The SMILES string of the molecule is CC(C)n1c(C(C)(C)O)nc2c(F)cc(-c3nc(N)ncc3Cl)cc21.O=S(C1CC1)N1C2CCC(O)[C@@H]1CC2. The first-order chi connectivity index (χ1) is 18.4. The molecule has 2 saturated heterocycles. The third kappa shape index (κ3) is 5.56. The maximum atomic E-state index is 14.7. The van der Waals surface area contributed by atoms with Crippen molar-refractivity contribution >= 4 is 39.6 Å². The molecule has 0 amide bonds. The molecule has 2 aliphatic heterocycles. The topological polar surface area (TPSA) is 130 Å². The lowest BCUT2D eigenvalue weighted by atomic mass is 10.0. The molecule has 4 N–H and O–H groups in total. The highest BCUT2D eigenvalue weighted by atomic mass is 35.5. The zero-order chi connectivity index (χ0) is 28.2. The highest BCUT2D eigenvalue weighted by Crippen LogP contribution is 2.41. The molecule has 9 nitrogen and oxygen atoms in total. The van der Waals surface area contributed by atoms with Crippen molar-refractivity contribution in [3.05, 3.63) is 35.0 Å². The number of hydrogen-bond acceptors (Lipinski definition) is 7. The van der Waals surface area contributed by atoms with Crippen molar-refractivity contribution in [3.8, 4) is 11.3 Å². The van der Waals surface area contributed by atoms with Gasteiger partial charge in [-0.05, 0) is 78.4 Å². The summed E-state index contributed by atoms with van der Waals surface area (Å²) in [6, 6.07) is 3.72. The van der Waals surface area contributed by atoms with Crippen LogP contribution in [-0.2, 0) is 16.6 Å². The van der Waals surface area contributed by atoms with E-state index in [0.29, 0.717) is 33.9 Å². The van der Waals surface area contributed by atoms with Gasteiger partial charge in [-0.2, -0.15) is 0 Å². The lowest BCUT2D eigenvalue weighted by Gasteiger charge is -2.36. The third-order valence-electron chi connectivity index (χ3n) is 7.59. The van der Waals surface area contributed by atoms with Crippen molar-refractivity contribution in [2.45, 2.75) is 101 Å². The third-order valence-corrected chi connectivity index (χ3v) is 9.89. The lowest BCUT2D eigenvalue weighted by Crippen LogP contribution is -2.48. The van der Waals surface area contributed by atoms with E-state index in [0.717, 1.165) is 38.5 Å². The lowest BCUT2D eigenvalue weighted by molar-refractivity contribution is 0.0608. The first-order valence-corrected chi connectivity index (χ1v) is 15.0. The van der Waals surface area contributed by atoms with Gasteiger partial charge in [-0.1, -0.05) is 11.6 Å². The Balaban J connectivity index is 0.000000184. The highest BCUT2D eigenvalue weighted by molar-refractivity contribution is 7.83. The normalized spacial score (nSPS) is 24.2. The molecule has 3 unspecified atom stereocenters. The van der Waals surface area contributed by atoms with Gasteiger partial charge in [-0.3, -0.25) is 0 Å². The molecule has 3 aliphatic rings. The fourth-order valence-electron chi connectivity index (χ4n) is 5.63. The number of piperidine rings is 1. The molecule has 3 aromatic rings. The summed E-state index contributed by atoms with van der Waals surface area (Å²) in [6.45, 7) is 7.12. The minimum Gasteiger partial charge on any atom is -0.391 e. The van der Waals surface area contributed by atoms with E-state index < -0.39 is 22.4 Å². The van der Waals surface area contributed by atoms with Crippen molar-refractivity contribution in [3.63, 3.8) is 0 Å². The van der Waals surface area contributed by atoms with Crippen molar-refractivity contribution in [1.82, 2.24) is 23.8 Å². The first kappa shape index (κ1) is 28.4. The van der Waals surface area contributed by atoms with Crippen LogP contribution in [0.1, 0.15) is 78.1 Å². The number of benzene rings is 1. The number of hydrogen-bond donors (Lipinski definition) is 3. The van der Waals surface area contributed by atoms with Gasteiger partial charge in [0, 0.05) is 28.9 Å². The summed E-state index contributed by atoms with van der Waals surface area (Å²) in [5.41, 5.74) is 5.96. The van der Waals surface area contributed by atoms with Gasteiger partial charge in [0.15, 0.2) is 5.82 Å². The maximum Gasteiger partial charge on any atom is 0.220 e. The molecular weight excluding hydrogens is 543 g/mol. The van der Waals surface area contributed by atoms with Crippen LogP contribution in [0.25, 0.3) is 22.3 Å². The van der Waals surface area contributed by atoms with Gasteiger partial charge in [0.25, 0.3) is 0 Å². The summed E-state index contributed by atoms with van der Waals surface area (Å²) in [5.74, 6) is -0.0815. The van der Waals surface area contributed by atoms with E-state index in [2.05, 4.69) is 19.3 Å². The fourth-order valence-corrected chi connectivity index (χ4v) is 7.73. The van der Waals surface area contributed by atoms with Gasteiger partial charge in [-0.15, -0.1) is 0 Å². The molecule has 1 aliphatic carbocycles. The van der Waals surface area contributed by atoms with Crippen LogP contribution < -0.4 is 5.73 Å². The Morgan fingerprint density at radius 2 is 1.85 bits per heavy atom. The number of imidazole rings is 1. The average molecular weight is 579 g/mol. The summed E-state index contributed by atoms with van der Waals surface area (Å²) in [5, 5.41) is 20.9. The largest absolute Gasteiger partial charge is 0.391 e. The molecular formula is C27H36ClFN6O3S. The predicted octanol–water partition coefficient (Wildman–Crippen LogP) is 4.48. The second-order valence-electron chi connectivity index (χ2n) is 11.5. The number of halogens is 2. The highest BCUT2D eigenvalue weighted by Gasteiger charge is 2.47. The quantitative estimate of drug-likeness (QED) is 0.407. The van der Waals surface area contributed by atoms with E-state index in [-0.39, 0.29) is 34.7 Å². The second kappa shape index (κ2) is 10.7. The zero-order valence-corrected chi connectivity index (χ0v) is 24.2. The van der Waals surface area contributed by atoms with E-state index >= 15 is 0 Å². The van der Waals surface area contributed by atoms with E-state index in [1.807, 2.05) is 13.8 Å². The van der Waals surface area contributed by atoms with Gasteiger partial charge in [-0.25, -0.2) is 27.9 Å². The Hall–Kier alpha value is -2.18. The number of rotatable bonds is 5. The molecule has 2 bridgehead atoms. The Morgan fingerprint density at radius 1 is 1.15 bits per heavy atom. The Bertz CT molecular complexity index is 1410. The number of fused-ring (bicyclic) bond motifs is 3. The number of aliphatic hydroxyl groups excluding tert-OH is 1. The number of nitrogen functional groups attached to an aromatic ring is 1. The second-order valence-corrected chi connectivity index (χ2v) is 13.5. The van der Waals surface area contributed by atoms with Crippen LogP contribution in [0.3, 0.4) is 0 Å². The van der Waals surface area contributed by atoms with Gasteiger partial charge in [0.2, 0.25) is 5.95 Å². The first-order valence-electron chi connectivity index (χ1n) is 13.5. The average Bonchev–Trinajstić information content (AvgIpc) is 3.54. The maximum absolute atomic E-state index is 14.7. The van der Waals surface area contributed by atoms with Crippen LogP contribution in [0.5, 0.6) is 0 Å². The van der Waals surface area contributed by atoms with Crippen LogP contribution in [-0.4, -0.2) is 61.7 Å². The number of nitrogens with zero attached hydrogens (tertiary/aromatic N) is 5. The number of aliphatic hydroxyl groups is 2. The zero-order valence-electron chi connectivity index (χ0n) is 22.6. The van der Waals surface area contributed by atoms with Crippen LogP contribution in [0.2, 0.25) is 5.02 Å². The molecule has 6 rings (SSSR count). The molecule has 39 heavy (non-hydrogen) atoms. The van der Waals surface area contributed by atoms with E-state index in [1.165, 1.54) is 12.3 Å². The number of nitrogens with two attached hydrogens (primary N) is 1. The minimum atomic E-state index is -1.22. The monoisotopic (exact) mass is 578 g/mol. The summed E-state index contributed by atoms with van der Waals surface area (Å²) < 4.78 is 30.8.